The average Bonchev–Trinajstić information content (AvgIpc) is 2.79. The van der Waals surface area contributed by atoms with Crippen molar-refractivity contribution in [2.24, 2.45) is 0 Å². The van der Waals surface area contributed by atoms with Crippen molar-refractivity contribution in [3.05, 3.63) is 40.5 Å². The molecule has 2 aromatic rings. The van der Waals surface area contributed by atoms with Crippen molar-refractivity contribution in [3.8, 4) is 10.4 Å². The molecule has 5 heteroatoms. The van der Waals surface area contributed by atoms with Gasteiger partial charge in [0.15, 0.2) is 5.69 Å². The second-order valence-electron chi connectivity index (χ2n) is 3.26. The lowest BCUT2D eigenvalue weighted by Gasteiger charge is -2.02. The Balaban J connectivity index is 2.36. The van der Waals surface area contributed by atoms with Gasteiger partial charge in [0.1, 0.15) is 0 Å². The minimum absolute atomic E-state index is 0.344. The van der Waals surface area contributed by atoms with Crippen LogP contribution in [0.15, 0.2) is 29.8 Å². The van der Waals surface area contributed by atoms with Crippen LogP contribution in [0.4, 0.5) is 0 Å². The second kappa shape index (κ2) is 5.29. The van der Waals surface area contributed by atoms with Crippen molar-refractivity contribution in [2.75, 3.05) is 6.61 Å². The summed E-state index contributed by atoms with van der Waals surface area (Å²) in [7, 11) is 0. The molecule has 1 heterocycles. The van der Waals surface area contributed by atoms with Crippen LogP contribution < -0.4 is 0 Å². The van der Waals surface area contributed by atoms with Crippen molar-refractivity contribution >= 4 is 28.9 Å². The van der Waals surface area contributed by atoms with E-state index in [-0.39, 0.29) is 0 Å². The number of hydrogen-bond donors (Lipinski definition) is 0. The van der Waals surface area contributed by atoms with Crippen LogP contribution in [0.25, 0.3) is 10.4 Å². The molecule has 2 rings (SSSR count). The van der Waals surface area contributed by atoms with E-state index in [0.717, 1.165) is 10.4 Å². The molecule has 0 N–H and O–H groups in total. The van der Waals surface area contributed by atoms with Crippen molar-refractivity contribution in [3.63, 3.8) is 0 Å². The molecular formula is C12H10ClNO2S. The monoisotopic (exact) mass is 267 g/mol. The maximum atomic E-state index is 11.7. The Hall–Kier alpha value is -1.39. The van der Waals surface area contributed by atoms with E-state index in [1.807, 2.05) is 12.1 Å². The number of halogens is 1. The van der Waals surface area contributed by atoms with Crippen LogP contribution in [0.2, 0.25) is 5.02 Å². The highest BCUT2D eigenvalue weighted by Crippen LogP contribution is 2.29. The topological polar surface area (TPSA) is 39.2 Å². The number of ether oxygens (including phenoxy) is 1. The number of hydrogen-bond acceptors (Lipinski definition) is 4. The zero-order valence-corrected chi connectivity index (χ0v) is 10.7. The summed E-state index contributed by atoms with van der Waals surface area (Å²) in [5.41, 5.74) is 2.91. The molecule has 0 radical (unpaired) electrons. The smallest absolute Gasteiger partial charge is 0.358 e. The predicted molar refractivity (Wildman–Crippen MR) is 68.5 cm³/mol. The highest BCUT2D eigenvalue weighted by molar-refractivity contribution is 7.13. The predicted octanol–water partition coefficient (Wildman–Crippen LogP) is 3.64. The Labute approximate surface area is 108 Å². The molecule has 1 aromatic heterocycles. The molecule has 0 atom stereocenters. The molecule has 3 nitrogen and oxygen atoms in total. The van der Waals surface area contributed by atoms with Crippen molar-refractivity contribution in [1.82, 2.24) is 4.98 Å². The van der Waals surface area contributed by atoms with Crippen molar-refractivity contribution in [2.45, 2.75) is 6.92 Å². The maximum Gasteiger partial charge on any atom is 0.358 e. The van der Waals surface area contributed by atoms with Gasteiger partial charge in [0, 0.05) is 5.02 Å². The number of rotatable bonds is 3. The summed E-state index contributed by atoms with van der Waals surface area (Å²) in [5.74, 6) is -0.390. The molecule has 1 aromatic carbocycles. The zero-order chi connectivity index (χ0) is 12.3. The molecular weight excluding hydrogens is 258 g/mol. The third kappa shape index (κ3) is 2.65. The molecule has 0 bridgehead atoms. The van der Waals surface area contributed by atoms with Crippen molar-refractivity contribution in [1.29, 1.82) is 0 Å². The van der Waals surface area contributed by atoms with E-state index in [1.54, 1.807) is 24.6 Å². The number of esters is 1. The average molecular weight is 268 g/mol. The number of benzene rings is 1. The zero-order valence-electron chi connectivity index (χ0n) is 9.14. The van der Waals surface area contributed by atoms with Gasteiger partial charge in [-0.3, -0.25) is 0 Å². The van der Waals surface area contributed by atoms with Crippen molar-refractivity contribution < 1.29 is 9.53 Å². The van der Waals surface area contributed by atoms with Crippen LogP contribution in [-0.4, -0.2) is 17.6 Å². The number of carbonyl (C=O) groups excluding carboxylic acids is 1. The van der Waals surface area contributed by atoms with E-state index in [9.17, 15) is 4.79 Å². The molecule has 0 fully saturated rings. The minimum atomic E-state index is -0.390. The Morgan fingerprint density at radius 3 is 2.76 bits per heavy atom. The SMILES string of the molecule is CCOC(=O)c1ncsc1-c1ccc(Cl)cc1. The van der Waals surface area contributed by atoms with E-state index in [1.165, 1.54) is 11.3 Å². The fourth-order valence-electron chi connectivity index (χ4n) is 1.40. The van der Waals surface area contributed by atoms with E-state index in [4.69, 9.17) is 16.3 Å². The maximum absolute atomic E-state index is 11.7. The van der Waals surface area contributed by atoms with Crippen LogP contribution in [-0.2, 0) is 4.74 Å². The molecule has 0 saturated heterocycles. The van der Waals surface area contributed by atoms with Gasteiger partial charge in [-0.1, -0.05) is 23.7 Å². The first kappa shape index (κ1) is 12.1. The van der Waals surface area contributed by atoms with Gasteiger partial charge in [-0.25, -0.2) is 9.78 Å². The van der Waals surface area contributed by atoms with E-state index < -0.39 is 5.97 Å². The normalized spacial score (nSPS) is 10.2. The first-order chi connectivity index (χ1) is 8.22. The molecule has 17 heavy (non-hydrogen) atoms. The molecule has 0 aliphatic carbocycles. The second-order valence-corrected chi connectivity index (χ2v) is 4.55. The molecule has 0 amide bonds. The lowest BCUT2D eigenvalue weighted by atomic mass is 10.1. The summed E-state index contributed by atoms with van der Waals surface area (Å²) < 4.78 is 4.95. The van der Waals surface area contributed by atoms with Gasteiger partial charge in [0.2, 0.25) is 0 Å². The van der Waals surface area contributed by atoms with Gasteiger partial charge in [-0.2, -0.15) is 0 Å². The van der Waals surface area contributed by atoms with Crippen LogP contribution in [0.3, 0.4) is 0 Å². The largest absolute Gasteiger partial charge is 0.461 e. The lowest BCUT2D eigenvalue weighted by Crippen LogP contribution is -2.06. The van der Waals surface area contributed by atoms with Gasteiger partial charge >= 0.3 is 5.97 Å². The summed E-state index contributed by atoms with van der Waals surface area (Å²) in [6, 6.07) is 7.29. The fourth-order valence-corrected chi connectivity index (χ4v) is 2.31. The quantitative estimate of drug-likeness (QED) is 0.797. The summed E-state index contributed by atoms with van der Waals surface area (Å²) in [4.78, 5) is 16.5. The first-order valence-electron chi connectivity index (χ1n) is 5.09. The van der Waals surface area contributed by atoms with Gasteiger partial charge in [0.25, 0.3) is 0 Å². The van der Waals surface area contributed by atoms with Gasteiger partial charge < -0.3 is 4.74 Å². The van der Waals surface area contributed by atoms with E-state index in [2.05, 4.69) is 4.98 Å². The number of carbonyl (C=O) groups is 1. The first-order valence-corrected chi connectivity index (χ1v) is 6.34. The molecule has 0 unspecified atom stereocenters. The lowest BCUT2D eigenvalue weighted by molar-refractivity contribution is 0.0521. The Morgan fingerprint density at radius 2 is 2.12 bits per heavy atom. The molecule has 0 aliphatic heterocycles. The number of thiazole rings is 1. The van der Waals surface area contributed by atoms with Gasteiger partial charge in [0.05, 0.1) is 17.0 Å². The Kier molecular flexibility index (Phi) is 3.76. The third-order valence-corrected chi connectivity index (χ3v) is 3.27. The highest BCUT2D eigenvalue weighted by Gasteiger charge is 2.17. The number of aromatic nitrogens is 1. The summed E-state index contributed by atoms with van der Waals surface area (Å²) >= 11 is 7.23. The summed E-state index contributed by atoms with van der Waals surface area (Å²) in [5, 5.41) is 0.663. The molecule has 88 valence electrons. The number of nitrogens with zero attached hydrogens (tertiary/aromatic N) is 1. The summed E-state index contributed by atoms with van der Waals surface area (Å²) in [6.07, 6.45) is 0. The molecule has 0 saturated carbocycles. The van der Waals surface area contributed by atoms with Gasteiger partial charge in [-0.05, 0) is 24.6 Å². The highest BCUT2D eigenvalue weighted by atomic mass is 35.5. The standard InChI is InChI=1S/C12H10ClNO2S/c1-2-16-12(15)10-11(17-7-14-10)8-3-5-9(13)6-4-8/h3-7H,2H2,1H3. The van der Waals surface area contributed by atoms with Crippen LogP contribution >= 0.6 is 22.9 Å². The van der Waals surface area contributed by atoms with Crippen LogP contribution in [0.5, 0.6) is 0 Å². The molecule has 0 aliphatic rings. The fraction of sp³-hybridized carbons (Fsp3) is 0.167. The molecule has 0 spiro atoms. The minimum Gasteiger partial charge on any atom is -0.461 e. The van der Waals surface area contributed by atoms with Gasteiger partial charge in [-0.15, -0.1) is 11.3 Å². The Morgan fingerprint density at radius 1 is 1.41 bits per heavy atom. The van der Waals surface area contributed by atoms with E-state index >= 15 is 0 Å². The third-order valence-electron chi connectivity index (χ3n) is 2.14. The van der Waals surface area contributed by atoms with Crippen LogP contribution in [0, 0.1) is 0 Å². The van der Waals surface area contributed by atoms with E-state index in [0.29, 0.717) is 17.3 Å². The van der Waals surface area contributed by atoms with Crippen LogP contribution in [0.1, 0.15) is 17.4 Å². The Bertz CT molecular complexity index is 522. The summed E-state index contributed by atoms with van der Waals surface area (Å²) in [6.45, 7) is 2.11.